The predicted octanol–water partition coefficient (Wildman–Crippen LogP) is 0.789. The van der Waals surface area contributed by atoms with Crippen molar-refractivity contribution in [2.24, 2.45) is 0 Å². The molecule has 0 radical (unpaired) electrons. The number of hydrogen-bond acceptors (Lipinski definition) is 4. The van der Waals surface area contributed by atoms with E-state index in [4.69, 9.17) is 0 Å². The van der Waals surface area contributed by atoms with Gasteiger partial charge in [-0.05, 0) is 25.2 Å². The van der Waals surface area contributed by atoms with Crippen LogP contribution in [0.25, 0.3) is 0 Å². The third kappa shape index (κ3) is 4.10. The lowest BCUT2D eigenvalue weighted by Gasteiger charge is -2.09. The Balaban J connectivity index is 2.06. The summed E-state index contributed by atoms with van der Waals surface area (Å²) in [5.74, 6) is 0.270. The summed E-state index contributed by atoms with van der Waals surface area (Å²) in [6, 6.07) is 3.75. The first-order valence-electron chi connectivity index (χ1n) is 6.44. The Bertz CT molecular complexity index is 686. The maximum atomic E-state index is 13.5. The topological polar surface area (TPSA) is 86.9 Å². The first-order valence-corrected chi connectivity index (χ1v) is 7.92. The average Bonchev–Trinajstić information content (AvgIpc) is 2.94. The Morgan fingerprint density at radius 1 is 1.38 bits per heavy atom. The molecule has 0 spiro atoms. The molecule has 0 saturated carbocycles. The zero-order chi connectivity index (χ0) is 15.3. The third-order valence-corrected chi connectivity index (χ3v) is 4.36. The van der Waals surface area contributed by atoms with Crippen LogP contribution in [0.15, 0.2) is 35.5 Å². The Labute approximate surface area is 122 Å². The molecule has 1 aromatic carbocycles. The van der Waals surface area contributed by atoms with E-state index in [-0.39, 0.29) is 18.0 Å². The van der Waals surface area contributed by atoms with Gasteiger partial charge in [-0.15, -0.1) is 0 Å². The number of rotatable bonds is 7. The summed E-state index contributed by atoms with van der Waals surface area (Å²) in [5.41, 5.74) is 0.311. The van der Waals surface area contributed by atoms with Gasteiger partial charge >= 0.3 is 0 Å². The van der Waals surface area contributed by atoms with Crippen molar-refractivity contribution in [1.82, 2.24) is 20.0 Å². The molecule has 114 valence electrons. The normalized spacial score (nSPS) is 11.7. The van der Waals surface area contributed by atoms with Gasteiger partial charge in [0.1, 0.15) is 11.6 Å². The fourth-order valence-corrected chi connectivity index (χ4v) is 2.95. The van der Waals surface area contributed by atoms with E-state index in [1.165, 1.54) is 12.1 Å². The standard InChI is InChI=1S/C13H17FN4O2S/c1-15-9-10-8-11(2-3-12(10)14)21(19,20)18-5-4-13-16-6-7-17-13/h2-3,6-8,15,18H,4-5,9H2,1H3,(H,16,17). The van der Waals surface area contributed by atoms with Gasteiger partial charge < -0.3 is 10.3 Å². The number of benzene rings is 1. The van der Waals surface area contributed by atoms with Crippen LogP contribution in [0, 0.1) is 5.82 Å². The van der Waals surface area contributed by atoms with Gasteiger partial charge in [-0.1, -0.05) is 0 Å². The zero-order valence-electron chi connectivity index (χ0n) is 11.6. The Kier molecular flexibility index (Phi) is 5.05. The third-order valence-electron chi connectivity index (χ3n) is 2.90. The molecule has 0 aliphatic rings. The van der Waals surface area contributed by atoms with Crippen molar-refractivity contribution in [2.45, 2.75) is 17.9 Å². The second kappa shape index (κ2) is 6.79. The lowest BCUT2D eigenvalue weighted by molar-refractivity contribution is 0.577. The molecule has 0 aliphatic carbocycles. The fourth-order valence-electron chi connectivity index (χ4n) is 1.87. The van der Waals surface area contributed by atoms with E-state index in [9.17, 15) is 12.8 Å². The Morgan fingerprint density at radius 3 is 2.86 bits per heavy atom. The molecule has 6 nitrogen and oxygen atoms in total. The lowest BCUT2D eigenvalue weighted by atomic mass is 10.2. The maximum absolute atomic E-state index is 13.5. The van der Waals surface area contributed by atoms with Crippen molar-refractivity contribution in [1.29, 1.82) is 0 Å². The monoisotopic (exact) mass is 312 g/mol. The fraction of sp³-hybridized carbons (Fsp3) is 0.308. The number of imidazole rings is 1. The van der Waals surface area contributed by atoms with E-state index in [1.54, 1.807) is 19.4 Å². The van der Waals surface area contributed by atoms with Crippen LogP contribution >= 0.6 is 0 Å². The summed E-state index contributed by atoms with van der Waals surface area (Å²) in [7, 11) is -1.99. The van der Waals surface area contributed by atoms with Crippen LogP contribution in [-0.4, -0.2) is 32.0 Å². The molecule has 3 N–H and O–H groups in total. The van der Waals surface area contributed by atoms with Crippen molar-refractivity contribution in [3.05, 3.63) is 47.8 Å². The number of aromatic nitrogens is 2. The van der Waals surface area contributed by atoms with E-state index in [2.05, 4.69) is 20.0 Å². The lowest BCUT2D eigenvalue weighted by Crippen LogP contribution is -2.26. The van der Waals surface area contributed by atoms with Crippen LogP contribution in [0.2, 0.25) is 0 Å². The number of sulfonamides is 1. The van der Waals surface area contributed by atoms with Gasteiger partial charge in [-0.3, -0.25) is 0 Å². The van der Waals surface area contributed by atoms with Gasteiger partial charge in [-0.25, -0.2) is 22.5 Å². The van der Waals surface area contributed by atoms with Crippen LogP contribution < -0.4 is 10.0 Å². The summed E-state index contributed by atoms with van der Waals surface area (Å²) >= 11 is 0. The van der Waals surface area contributed by atoms with Crippen LogP contribution in [0.1, 0.15) is 11.4 Å². The molecule has 21 heavy (non-hydrogen) atoms. The number of aromatic amines is 1. The first kappa shape index (κ1) is 15.6. The Morgan fingerprint density at radius 2 is 2.19 bits per heavy atom. The smallest absolute Gasteiger partial charge is 0.240 e. The molecular weight excluding hydrogens is 295 g/mol. The van der Waals surface area contributed by atoms with Crippen molar-refractivity contribution in [3.8, 4) is 0 Å². The molecule has 0 amide bonds. The van der Waals surface area contributed by atoms with Crippen LogP contribution in [0.5, 0.6) is 0 Å². The highest BCUT2D eigenvalue weighted by atomic mass is 32.2. The highest BCUT2D eigenvalue weighted by molar-refractivity contribution is 7.89. The van der Waals surface area contributed by atoms with Crippen molar-refractivity contribution >= 4 is 10.0 Å². The van der Waals surface area contributed by atoms with E-state index in [0.29, 0.717) is 17.8 Å². The maximum Gasteiger partial charge on any atom is 0.240 e. The summed E-state index contributed by atoms with van der Waals surface area (Å²) in [5, 5.41) is 2.80. The van der Waals surface area contributed by atoms with E-state index >= 15 is 0 Å². The van der Waals surface area contributed by atoms with Crippen molar-refractivity contribution < 1.29 is 12.8 Å². The average molecular weight is 312 g/mol. The second-order valence-electron chi connectivity index (χ2n) is 4.47. The van der Waals surface area contributed by atoms with Crippen LogP contribution in [0.4, 0.5) is 4.39 Å². The molecule has 2 rings (SSSR count). The molecule has 0 aliphatic heterocycles. The highest BCUT2D eigenvalue weighted by Gasteiger charge is 2.15. The first-order chi connectivity index (χ1) is 10.0. The number of H-pyrrole nitrogens is 1. The van der Waals surface area contributed by atoms with E-state index in [1.807, 2.05) is 0 Å². The van der Waals surface area contributed by atoms with Crippen molar-refractivity contribution in [3.63, 3.8) is 0 Å². The number of halogens is 1. The zero-order valence-corrected chi connectivity index (χ0v) is 12.4. The summed E-state index contributed by atoms with van der Waals surface area (Å²) < 4.78 is 40.3. The molecule has 8 heteroatoms. The predicted molar refractivity (Wildman–Crippen MR) is 76.6 cm³/mol. The minimum atomic E-state index is -3.66. The molecular formula is C13H17FN4O2S. The molecule has 1 heterocycles. The minimum Gasteiger partial charge on any atom is -0.349 e. The summed E-state index contributed by atoms with van der Waals surface area (Å²) in [6.07, 6.45) is 3.73. The molecule has 0 unspecified atom stereocenters. The van der Waals surface area contributed by atoms with E-state index in [0.717, 1.165) is 6.07 Å². The number of nitrogens with zero attached hydrogens (tertiary/aromatic N) is 1. The van der Waals surface area contributed by atoms with Crippen LogP contribution in [-0.2, 0) is 23.0 Å². The van der Waals surface area contributed by atoms with Gasteiger partial charge in [0.25, 0.3) is 0 Å². The molecule has 2 aromatic rings. The van der Waals surface area contributed by atoms with Gasteiger partial charge in [-0.2, -0.15) is 0 Å². The molecule has 0 atom stereocenters. The van der Waals surface area contributed by atoms with Gasteiger partial charge in [0.2, 0.25) is 10.0 Å². The number of nitrogens with one attached hydrogen (secondary N) is 3. The van der Waals surface area contributed by atoms with E-state index < -0.39 is 15.8 Å². The number of hydrogen-bond donors (Lipinski definition) is 3. The van der Waals surface area contributed by atoms with Crippen LogP contribution in [0.3, 0.4) is 0 Å². The van der Waals surface area contributed by atoms with Gasteiger partial charge in [0, 0.05) is 37.5 Å². The minimum absolute atomic E-state index is 0.0496. The highest BCUT2D eigenvalue weighted by Crippen LogP contribution is 2.15. The molecule has 1 aromatic heterocycles. The summed E-state index contributed by atoms with van der Waals surface area (Å²) in [4.78, 5) is 6.95. The van der Waals surface area contributed by atoms with Gasteiger partial charge in [0.05, 0.1) is 4.90 Å². The van der Waals surface area contributed by atoms with Crippen molar-refractivity contribution in [2.75, 3.05) is 13.6 Å². The van der Waals surface area contributed by atoms with Gasteiger partial charge in [0.15, 0.2) is 0 Å². The quantitative estimate of drug-likeness (QED) is 0.705. The molecule has 0 saturated heterocycles. The second-order valence-corrected chi connectivity index (χ2v) is 6.23. The largest absolute Gasteiger partial charge is 0.349 e. The molecule has 0 fully saturated rings. The summed E-state index contributed by atoms with van der Waals surface area (Å²) in [6.45, 7) is 0.482. The SMILES string of the molecule is CNCc1cc(S(=O)(=O)NCCc2ncc[nH]2)ccc1F. The Hall–Kier alpha value is -1.77. The molecule has 0 bridgehead atoms.